The molecule has 2 aliphatic rings. The number of fused-ring (bicyclic) bond motifs is 3. The van der Waals surface area contributed by atoms with Gasteiger partial charge in [-0.05, 0) is 65.3 Å². The monoisotopic (exact) mass is 448 g/mol. The Morgan fingerprint density at radius 2 is 1.29 bits per heavy atom. The largest absolute Gasteiger partial charge is 0.399 e. The summed E-state index contributed by atoms with van der Waals surface area (Å²) in [5, 5.41) is 6.95. The van der Waals surface area contributed by atoms with Gasteiger partial charge in [-0.2, -0.15) is 5.10 Å². The number of anilines is 3. The molecule has 0 saturated heterocycles. The van der Waals surface area contributed by atoms with Crippen LogP contribution < -0.4 is 16.5 Å². The van der Waals surface area contributed by atoms with Gasteiger partial charge in [-0.3, -0.25) is 0 Å². The number of nitrogens with two attached hydrogens (primary N) is 2. The first kappa shape index (κ1) is 22.2. The van der Waals surface area contributed by atoms with Gasteiger partial charge in [0, 0.05) is 11.3 Å². The van der Waals surface area contributed by atoms with E-state index in [-0.39, 0.29) is 24.8 Å². The predicted octanol–water partition coefficient (Wildman–Crippen LogP) is 5.94. The van der Waals surface area contributed by atoms with Crippen LogP contribution in [0.15, 0.2) is 107 Å². The van der Waals surface area contributed by atoms with Crippen LogP contribution in [0.2, 0.25) is 0 Å². The maximum absolute atomic E-state index is 6.40. The van der Waals surface area contributed by atoms with E-state index in [0.717, 1.165) is 45.0 Å². The van der Waals surface area contributed by atoms with Gasteiger partial charge in [0.1, 0.15) is 5.71 Å². The van der Waals surface area contributed by atoms with Crippen LogP contribution in [0.5, 0.6) is 0 Å². The maximum atomic E-state index is 6.40. The lowest BCUT2D eigenvalue weighted by molar-refractivity contribution is 1.08. The molecule has 4 N–H and O–H groups in total. The van der Waals surface area contributed by atoms with Gasteiger partial charge < -0.3 is 11.5 Å². The number of para-hydroxylation sites is 2. The van der Waals surface area contributed by atoms with E-state index in [2.05, 4.69) is 18.2 Å². The first-order chi connectivity index (χ1) is 14.2. The molecule has 31 heavy (non-hydrogen) atoms. The normalized spacial score (nSPS) is 14.8. The van der Waals surface area contributed by atoms with Gasteiger partial charge in [0.2, 0.25) is 0 Å². The molecule has 5 rings (SSSR count). The van der Waals surface area contributed by atoms with Gasteiger partial charge >= 0.3 is 0 Å². The van der Waals surface area contributed by atoms with Crippen molar-refractivity contribution < 1.29 is 0 Å². The molecule has 0 fully saturated rings. The van der Waals surface area contributed by atoms with Crippen molar-refractivity contribution in [3.8, 4) is 0 Å². The third-order valence-corrected chi connectivity index (χ3v) is 5.12. The first-order valence-corrected chi connectivity index (χ1v) is 9.50. The summed E-state index contributed by atoms with van der Waals surface area (Å²) < 4.78 is 0. The second-order valence-corrected chi connectivity index (χ2v) is 7.04. The topological polar surface area (TPSA) is 67.6 Å². The zero-order valence-corrected chi connectivity index (χ0v) is 18.2. The second-order valence-electron chi connectivity index (χ2n) is 7.04. The number of halogens is 2. The molecule has 0 bridgehead atoms. The highest BCUT2D eigenvalue weighted by Gasteiger charge is 2.27. The highest BCUT2D eigenvalue weighted by atomic mass is 35.5. The molecule has 3 aromatic rings. The van der Waals surface area contributed by atoms with Crippen LogP contribution in [0.1, 0.15) is 11.1 Å². The fourth-order valence-electron chi connectivity index (χ4n) is 3.72. The summed E-state index contributed by atoms with van der Waals surface area (Å²) in [5.41, 5.74) is 20.8. The summed E-state index contributed by atoms with van der Waals surface area (Å²) in [7, 11) is 0. The maximum Gasteiger partial charge on any atom is 0.115 e. The third kappa shape index (κ3) is 4.08. The van der Waals surface area contributed by atoms with E-state index in [9.17, 15) is 0 Å². The van der Waals surface area contributed by atoms with Gasteiger partial charge in [-0.25, -0.2) is 5.01 Å². The highest BCUT2D eigenvalue weighted by Crippen LogP contribution is 2.40. The molecule has 0 heterocycles. The molecular formula is C25H22Cl2N4. The van der Waals surface area contributed by atoms with Gasteiger partial charge in [0.25, 0.3) is 0 Å². The molecule has 2 aliphatic carbocycles. The summed E-state index contributed by atoms with van der Waals surface area (Å²) in [4.78, 5) is 0. The molecular weight excluding hydrogens is 427 g/mol. The average molecular weight is 449 g/mol. The van der Waals surface area contributed by atoms with Crippen LogP contribution in [-0.4, -0.2) is 5.71 Å². The zero-order chi connectivity index (χ0) is 19.8. The summed E-state index contributed by atoms with van der Waals surface area (Å²) in [6.45, 7) is 0. The summed E-state index contributed by atoms with van der Waals surface area (Å²) in [6.07, 6.45) is 6.09. The molecule has 6 heteroatoms. The molecule has 0 atom stereocenters. The number of hydrogen-bond acceptors (Lipinski definition) is 4. The minimum atomic E-state index is 0. The van der Waals surface area contributed by atoms with Crippen LogP contribution in [-0.2, 0) is 0 Å². The fourth-order valence-corrected chi connectivity index (χ4v) is 3.72. The zero-order valence-electron chi connectivity index (χ0n) is 16.6. The van der Waals surface area contributed by atoms with Crippen molar-refractivity contribution in [1.29, 1.82) is 0 Å². The summed E-state index contributed by atoms with van der Waals surface area (Å²) >= 11 is 0. The molecule has 0 aliphatic heterocycles. The fraction of sp³-hybridized carbons (Fsp3) is 0. The quantitative estimate of drug-likeness (QED) is 0.384. The van der Waals surface area contributed by atoms with E-state index in [1.165, 1.54) is 0 Å². The number of rotatable bonds is 3. The van der Waals surface area contributed by atoms with Gasteiger partial charge in [-0.15, -0.1) is 24.8 Å². The van der Waals surface area contributed by atoms with E-state index in [0.29, 0.717) is 5.70 Å². The van der Waals surface area contributed by atoms with Crippen LogP contribution in [0.4, 0.5) is 17.1 Å². The Hall–Kier alpha value is -3.47. The summed E-state index contributed by atoms with van der Waals surface area (Å²) in [6, 6.07) is 26.1. The lowest BCUT2D eigenvalue weighted by Crippen LogP contribution is -2.21. The Labute approximate surface area is 194 Å². The van der Waals surface area contributed by atoms with Crippen LogP contribution >= 0.6 is 24.8 Å². The van der Waals surface area contributed by atoms with Crippen molar-refractivity contribution >= 4 is 59.2 Å². The Kier molecular flexibility index (Phi) is 6.54. The highest BCUT2D eigenvalue weighted by molar-refractivity contribution is 6.28. The summed E-state index contributed by atoms with van der Waals surface area (Å²) in [5.74, 6) is 0. The van der Waals surface area contributed by atoms with E-state index < -0.39 is 0 Å². The Morgan fingerprint density at radius 3 is 1.90 bits per heavy atom. The Bertz CT molecular complexity index is 1170. The van der Waals surface area contributed by atoms with Crippen LogP contribution in [0.3, 0.4) is 0 Å². The van der Waals surface area contributed by atoms with Gasteiger partial charge in [-0.1, -0.05) is 48.5 Å². The first-order valence-electron chi connectivity index (χ1n) is 9.50. The number of benzene rings is 3. The minimum absolute atomic E-state index is 0. The van der Waals surface area contributed by atoms with Crippen LogP contribution in [0.25, 0.3) is 11.6 Å². The lowest BCUT2D eigenvalue weighted by atomic mass is 9.94. The SMILES string of the molecule is Cl.Cl.NC1=CC=C2C(=Cc3cc(N)ccc32)C1=NN(c1ccccc1)c1ccccc1. The molecule has 3 aromatic carbocycles. The number of allylic oxidation sites excluding steroid dienone is 4. The number of hydrogen-bond donors (Lipinski definition) is 2. The van der Waals surface area contributed by atoms with E-state index in [1.807, 2.05) is 83.9 Å². The lowest BCUT2D eigenvalue weighted by Gasteiger charge is -2.23. The van der Waals surface area contributed by atoms with E-state index in [4.69, 9.17) is 16.6 Å². The smallest absolute Gasteiger partial charge is 0.115 e. The molecule has 0 amide bonds. The van der Waals surface area contributed by atoms with Gasteiger partial charge in [0.05, 0.1) is 17.1 Å². The van der Waals surface area contributed by atoms with Crippen molar-refractivity contribution in [1.82, 2.24) is 0 Å². The molecule has 0 unspecified atom stereocenters. The van der Waals surface area contributed by atoms with Crippen molar-refractivity contribution in [2.45, 2.75) is 0 Å². The van der Waals surface area contributed by atoms with Crippen molar-refractivity contribution in [2.75, 3.05) is 10.7 Å². The number of nitrogens with zero attached hydrogens (tertiary/aromatic N) is 2. The second kappa shape index (κ2) is 9.13. The average Bonchev–Trinajstić information content (AvgIpc) is 3.12. The molecule has 0 spiro atoms. The van der Waals surface area contributed by atoms with Gasteiger partial charge in [0.15, 0.2) is 0 Å². The van der Waals surface area contributed by atoms with E-state index >= 15 is 0 Å². The van der Waals surface area contributed by atoms with Crippen molar-refractivity contribution in [2.24, 2.45) is 10.8 Å². The van der Waals surface area contributed by atoms with Crippen molar-refractivity contribution in [3.63, 3.8) is 0 Å². The van der Waals surface area contributed by atoms with Crippen LogP contribution in [0, 0.1) is 0 Å². The molecule has 0 radical (unpaired) electrons. The van der Waals surface area contributed by atoms with Crippen molar-refractivity contribution in [3.05, 3.63) is 113 Å². The molecule has 156 valence electrons. The van der Waals surface area contributed by atoms with E-state index in [1.54, 1.807) is 0 Å². The molecule has 0 aromatic heterocycles. The Morgan fingerprint density at radius 1 is 0.677 bits per heavy atom. The third-order valence-electron chi connectivity index (χ3n) is 5.12. The number of hydrazone groups is 1. The minimum Gasteiger partial charge on any atom is -0.399 e. The molecule has 4 nitrogen and oxygen atoms in total. The Balaban J connectivity index is 0.00000136. The number of nitrogen functional groups attached to an aromatic ring is 1. The molecule has 0 saturated carbocycles. The standard InChI is InChI=1S/C25H20N4.2ClH/c26-18-11-12-21-17(15-18)16-23-22(21)13-14-24(27)25(23)28-29(19-7-3-1-4-8-19)20-9-5-2-6-10-20;;/h1-16H,26-27H2;2*1H. The predicted molar refractivity (Wildman–Crippen MR) is 136 cm³/mol.